The third kappa shape index (κ3) is 8.86. The van der Waals surface area contributed by atoms with Crippen molar-refractivity contribution in [1.29, 1.82) is 0 Å². The summed E-state index contributed by atoms with van der Waals surface area (Å²) in [5.74, 6) is 0. The molecule has 0 bridgehead atoms. The summed E-state index contributed by atoms with van der Waals surface area (Å²) in [6.45, 7) is 9.92. The second-order valence-corrected chi connectivity index (χ2v) is 5.38. The molecule has 110 valence electrons. The van der Waals surface area contributed by atoms with Gasteiger partial charge in [0, 0.05) is 19.6 Å². The minimum absolute atomic E-state index is 0.268. The fourth-order valence-corrected chi connectivity index (χ4v) is 2.27. The predicted octanol–water partition coefficient (Wildman–Crippen LogP) is 1.52. The largest absolute Gasteiger partial charge is 0.392 e. The van der Waals surface area contributed by atoms with E-state index in [2.05, 4.69) is 26.1 Å². The number of hydrogen-bond acceptors (Lipinski definition) is 4. The van der Waals surface area contributed by atoms with Crippen LogP contribution in [0.25, 0.3) is 0 Å². The molecule has 0 saturated carbocycles. The Hall–Kier alpha value is -0.160. The Morgan fingerprint density at radius 1 is 1.33 bits per heavy atom. The van der Waals surface area contributed by atoms with Gasteiger partial charge in [-0.25, -0.2) is 0 Å². The molecule has 0 heterocycles. The van der Waals surface area contributed by atoms with Gasteiger partial charge in [-0.2, -0.15) is 0 Å². The van der Waals surface area contributed by atoms with E-state index in [1.165, 1.54) is 12.8 Å². The van der Waals surface area contributed by atoms with E-state index in [9.17, 15) is 5.11 Å². The maximum atomic E-state index is 10.0. The zero-order chi connectivity index (χ0) is 13.9. The van der Waals surface area contributed by atoms with Gasteiger partial charge in [-0.1, -0.05) is 33.6 Å². The molecule has 2 atom stereocenters. The highest BCUT2D eigenvalue weighted by atomic mass is 16.5. The van der Waals surface area contributed by atoms with Gasteiger partial charge in [0.25, 0.3) is 0 Å². The van der Waals surface area contributed by atoms with Crippen LogP contribution in [0.2, 0.25) is 0 Å². The standard InChI is InChI=1S/C14H32N2O2/c1-4-6-14(3,5-2)11-13(17)12-16-8-10-18-9-7-15/h13,16-17H,4-12,15H2,1-3H3. The summed E-state index contributed by atoms with van der Waals surface area (Å²) >= 11 is 0. The third-order valence-corrected chi connectivity index (χ3v) is 3.50. The molecule has 0 aromatic rings. The number of nitrogens with one attached hydrogen (secondary N) is 1. The minimum Gasteiger partial charge on any atom is -0.392 e. The number of hydrogen-bond donors (Lipinski definition) is 3. The van der Waals surface area contributed by atoms with Crippen LogP contribution in [0.5, 0.6) is 0 Å². The molecule has 0 aliphatic carbocycles. The van der Waals surface area contributed by atoms with E-state index in [1.54, 1.807) is 0 Å². The molecule has 0 rings (SSSR count). The summed E-state index contributed by atoms with van der Waals surface area (Å²) in [6, 6.07) is 0. The lowest BCUT2D eigenvalue weighted by atomic mass is 9.78. The molecule has 0 aliphatic heterocycles. The van der Waals surface area contributed by atoms with Crippen molar-refractivity contribution in [2.24, 2.45) is 11.1 Å². The number of nitrogens with two attached hydrogens (primary N) is 1. The van der Waals surface area contributed by atoms with Gasteiger partial charge in [-0.15, -0.1) is 0 Å². The summed E-state index contributed by atoms with van der Waals surface area (Å²) in [5, 5.41) is 13.2. The SMILES string of the molecule is CCCC(C)(CC)CC(O)CNCCOCCN. The summed E-state index contributed by atoms with van der Waals surface area (Å²) < 4.78 is 5.26. The lowest BCUT2D eigenvalue weighted by molar-refractivity contribution is 0.0912. The molecule has 0 saturated heterocycles. The van der Waals surface area contributed by atoms with Crippen LogP contribution in [0.1, 0.15) is 46.5 Å². The Balaban J connectivity index is 3.65. The van der Waals surface area contributed by atoms with Crippen molar-refractivity contribution in [2.45, 2.75) is 52.6 Å². The monoisotopic (exact) mass is 260 g/mol. The summed E-state index contributed by atoms with van der Waals surface area (Å²) in [5.41, 5.74) is 5.59. The van der Waals surface area contributed by atoms with E-state index in [-0.39, 0.29) is 11.5 Å². The second kappa shape index (κ2) is 10.7. The molecule has 2 unspecified atom stereocenters. The minimum atomic E-state index is -0.268. The fourth-order valence-electron chi connectivity index (χ4n) is 2.27. The van der Waals surface area contributed by atoms with Gasteiger partial charge in [0.2, 0.25) is 0 Å². The van der Waals surface area contributed by atoms with Crippen molar-refractivity contribution in [1.82, 2.24) is 5.32 Å². The third-order valence-electron chi connectivity index (χ3n) is 3.50. The average Bonchev–Trinajstić information content (AvgIpc) is 2.34. The molecule has 0 spiro atoms. The molecule has 4 heteroatoms. The maximum absolute atomic E-state index is 10.0. The smallest absolute Gasteiger partial charge is 0.0669 e. The van der Waals surface area contributed by atoms with Crippen LogP contribution < -0.4 is 11.1 Å². The first-order valence-electron chi connectivity index (χ1n) is 7.24. The van der Waals surface area contributed by atoms with Crippen molar-refractivity contribution >= 4 is 0 Å². The van der Waals surface area contributed by atoms with Crippen LogP contribution in [-0.4, -0.2) is 44.1 Å². The van der Waals surface area contributed by atoms with Crippen LogP contribution in [0.3, 0.4) is 0 Å². The average molecular weight is 260 g/mol. The molecule has 0 radical (unpaired) electrons. The van der Waals surface area contributed by atoms with Gasteiger partial charge in [0.15, 0.2) is 0 Å². The number of rotatable bonds is 12. The summed E-state index contributed by atoms with van der Waals surface area (Å²) in [7, 11) is 0. The molecule has 4 N–H and O–H groups in total. The van der Waals surface area contributed by atoms with Crippen LogP contribution in [-0.2, 0) is 4.74 Å². The first-order chi connectivity index (χ1) is 8.58. The van der Waals surface area contributed by atoms with Gasteiger partial charge in [0.05, 0.1) is 19.3 Å². The van der Waals surface area contributed by atoms with Crippen molar-refractivity contribution in [3.05, 3.63) is 0 Å². The van der Waals surface area contributed by atoms with Crippen LogP contribution in [0, 0.1) is 5.41 Å². The number of ether oxygens (including phenoxy) is 1. The van der Waals surface area contributed by atoms with Crippen LogP contribution >= 0.6 is 0 Å². The molecule has 0 aromatic heterocycles. The zero-order valence-electron chi connectivity index (χ0n) is 12.4. The zero-order valence-corrected chi connectivity index (χ0v) is 12.4. The molecular weight excluding hydrogens is 228 g/mol. The van der Waals surface area contributed by atoms with E-state index >= 15 is 0 Å². The highest BCUT2D eigenvalue weighted by Crippen LogP contribution is 2.32. The Labute approximate surface area is 112 Å². The van der Waals surface area contributed by atoms with Crippen molar-refractivity contribution in [3.63, 3.8) is 0 Å². The van der Waals surface area contributed by atoms with E-state index in [4.69, 9.17) is 10.5 Å². The van der Waals surface area contributed by atoms with E-state index in [0.717, 1.165) is 19.4 Å². The molecule has 0 aliphatic rings. The van der Waals surface area contributed by atoms with E-state index in [0.29, 0.717) is 26.3 Å². The number of aliphatic hydroxyl groups is 1. The molecule has 0 aromatic carbocycles. The molecular formula is C14H32N2O2. The number of aliphatic hydroxyl groups excluding tert-OH is 1. The predicted molar refractivity (Wildman–Crippen MR) is 76.7 cm³/mol. The van der Waals surface area contributed by atoms with Gasteiger partial charge in [-0.05, 0) is 18.3 Å². The maximum Gasteiger partial charge on any atom is 0.0669 e. The first kappa shape index (κ1) is 17.8. The molecule has 0 amide bonds. The van der Waals surface area contributed by atoms with Crippen LogP contribution in [0.4, 0.5) is 0 Å². The van der Waals surface area contributed by atoms with Crippen molar-refractivity contribution < 1.29 is 9.84 Å². The lowest BCUT2D eigenvalue weighted by Gasteiger charge is -2.30. The Bertz CT molecular complexity index is 191. The Morgan fingerprint density at radius 2 is 2.06 bits per heavy atom. The van der Waals surface area contributed by atoms with Crippen molar-refractivity contribution in [3.8, 4) is 0 Å². The van der Waals surface area contributed by atoms with Crippen LogP contribution in [0.15, 0.2) is 0 Å². The Kier molecular flexibility index (Phi) is 10.6. The quantitative estimate of drug-likeness (QED) is 0.465. The van der Waals surface area contributed by atoms with Gasteiger partial charge in [-0.3, -0.25) is 0 Å². The lowest BCUT2D eigenvalue weighted by Crippen LogP contribution is -2.33. The normalized spacial score (nSPS) is 16.5. The second-order valence-electron chi connectivity index (χ2n) is 5.38. The van der Waals surface area contributed by atoms with Gasteiger partial charge < -0.3 is 20.9 Å². The molecule has 0 fully saturated rings. The topological polar surface area (TPSA) is 67.5 Å². The summed E-state index contributed by atoms with van der Waals surface area (Å²) in [4.78, 5) is 0. The van der Waals surface area contributed by atoms with Gasteiger partial charge in [0.1, 0.15) is 0 Å². The molecule has 18 heavy (non-hydrogen) atoms. The highest BCUT2D eigenvalue weighted by molar-refractivity contribution is 4.77. The van der Waals surface area contributed by atoms with E-state index < -0.39 is 0 Å². The highest BCUT2D eigenvalue weighted by Gasteiger charge is 2.24. The van der Waals surface area contributed by atoms with E-state index in [1.807, 2.05) is 0 Å². The molecule has 4 nitrogen and oxygen atoms in total. The fraction of sp³-hybridized carbons (Fsp3) is 1.00. The van der Waals surface area contributed by atoms with Crippen molar-refractivity contribution in [2.75, 3.05) is 32.8 Å². The van der Waals surface area contributed by atoms with Gasteiger partial charge >= 0.3 is 0 Å². The summed E-state index contributed by atoms with van der Waals surface area (Å²) in [6.07, 6.45) is 4.08. The first-order valence-corrected chi connectivity index (χ1v) is 7.24. The Morgan fingerprint density at radius 3 is 2.61 bits per heavy atom.